The van der Waals surface area contributed by atoms with E-state index in [2.05, 4.69) is 72.7 Å². The summed E-state index contributed by atoms with van der Waals surface area (Å²) >= 11 is 0. The van der Waals surface area contributed by atoms with Crippen molar-refractivity contribution in [2.24, 2.45) is 4.99 Å². The molecule has 124 valence electrons. The number of aliphatic imine (C=N–C) groups is 1. The molecule has 1 aromatic carbocycles. The molecule has 0 unspecified atom stereocenters. The van der Waals surface area contributed by atoms with E-state index in [0.717, 1.165) is 25.6 Å². The lowest BCUT2D eigenvalue weighted by Gasteiger charge is -2.12. The van der Waals surface area contributed by atoms with Crippen LogP contribution >= 0.6 is 0 Å². The zero-order valence-electron chi connectivity index (χ0n) is 14.7. The Bertz CT molecular complexity index is 440. The number of nitrogens with zero attached hydrogens (tertiary/aromatic N) is 2. The van der Waals surface area contributed by atoms with Gasteiger partial charge < -0.3 is 15.5 Å². The molecule has 0 aromatic heterocycles. The summed E-state index contributed by atoms with van der Waals surface area (Å²) in [5, 5.41) is 6.71. The molecule has 2 N–H and O–H groups in total. The number of unbranched alkanes of at least 4 members (excludes halogenated alkanes) is 2. The minimum absolute atomic E-state index is 0.713. The second-order valence-electron chi connectivity index (χ2n) is 5.89. The van der Waals surface area contributed by atoms with Crippen molar-refractivity contribution in [3.63, 3.8) is 0 Å². The van der Waals surface area contributed by atoms with Gasteiger partial charge in [0.25, 0.3) is 0 Å². The van der Waals surface area contributed by atoms with Crippen LogP contribution in [-0.2, 0) is 13.1 Å². The largest absolute Gasteiger partial charge is 0.357 e. The molecule has 4 heteroatoms. The summed E-state index contributed by atoms with van der Waals surface area (Å²) in [5.41, 5.74) is 2.59. The van der Waals surface area contributed by atoms with Crippen molar-refractivity contribution < 1.29 is 0 Å². The van der Waals surface area contributed by atoms with Crippen molar-refractivity contribution in [2.75, 3.05) is 27.2 Å². The number of hydrogen-bond acceptors (Lipinski definition) is 2. The summed E-state index contributed by atoms with van der Waals surface area (Å²) in [7, 11) is 4.18. The third-order valence-corrected chi connectivity index (χ3v) is 3.33. The minimum Gasteiger partial charge on any atom is -0.357 e. The monoisotopic (exact) mass is 304 g/mol. The molecule has 0 aliphatic heterocycles. The van der Waals surface area contributed by atoms with Crippen LogP contribution in [0.2, 0.25) is 0 Å². The first kappa shape index (κ1) is 18.5. The molecule has 0 aliphatic rings. The number of nitrogens with one attached hydrogen (secondary N) is 2. The van der Waals surface area contributed by atoms with Crippen molar-refractivity contribution in [2.45, 2.75) is 46.2 Å². The van der Waals surface area contributed by atoms with Crippen LogP contribution in [0.1, 0.15) is 44.2 Å². The molecule has 1 aromatic rings. The molecular weight excluding hydrogens is 272 g/mol. The maximum atomic E-state index is 4.68. The van der Waals surface area contributed by atoms with Gasteiger partial charge in [-0.2, -0.15) is 0 Å². The maximum Gasteiger partial charge on any atom is 0.191 e. The average molecular weight is 304 g/mol. The van der Waals surface area contributed by atoms with E-state index in [0.29, 0.717) is 6.54 Å². The van der Waals surface area contributed by atoms with Gasteiger partial charge >= 0.3 is 0 Å². The molecule has 1 rings (SSSR count). The highest BCUT2D eigenvalue weighted by Gasteiger charge is 2.00. The summed E-state index contributed by atoms with van der Waals surface area (Å²) < 4.78 is 0. The lowest BCUT2D eigenvalue weighted by Crippen LogP contribution is -2.37. The lowest BCUT2D eigenvalue weighted by atomic mass is 10.1. The van der Waals surface area contributed by atoms with Gasteiger partial charge in [-0.3, -0.25) is 0 Å². The first-order valence-electron chi connectivity index (χ1n) is 8.40. The van der Waals surface area contributed by atoms with Gasteiger partial charge in [0.15, 0.2) is 5.96 Å². The van der Waals surface area contributed by atoms with E-state index in [-0.39, 0.29) is 0 Å². The number of hydrogen-bond donors (Lipinski definition) is 2. The van der Waals surface area contributed by atoms with Gasteiger partial charge in [0.2, 0.25) is 0 Å². The van der Waals surface area contributed by atoms with Gasteiger partial charge in [-0.1, -0.05) is 44.0 Å². The van der Waals surface area contributed by atoms with Crippen LogP contribution < -0.4 is 10.6 Å². The Balaban J connectivity index is 2.57. The van der Waals surface area contributed by atoms with Crippen LogP contribution in [0.5, 0.6) is 0 Å². The van der Waals surface area contributed by atoms with E-state index in [4.69, 9.17) is 0 Å². The van der Waals surface area contributed by atoms with E-state index >= 15 is 0 Å². The Morgan fingerprint density at radius 1 is 1.09 bits per heavy atom. The van der Waals surface area contributed by atoms with Crippen LogP contribution in [-0.4, -0.2) is 38.0 Å². The summed E-state index contributed by atoms with van der Waals surface area (Å²) in [6, 6.07) is 8.67. The highest BCUT2D eigenvalue weighted by Crippen LogP contribution is 2.08. The molecule has 22 heavy (non-hydrogen) atoms. The minimum atomic E-state index is 0.713. The molecule has 0 saturated heterocycles. The maximum absolute atomic E-state index is 4.68. The molecule has 0 fully saturated rings. The van der Waals surface area contributed by atoms with Gasteiger partial charge in [-0.15, -0.1) is 0 Å². The quantitative estimate of drug-likeness (QED) is 0.418. The fourth-order valence-electron chi connectivity index (χ4n) is 2.29. The Hall–Kier alpha value is -1.55. The zero-order chi connectivity index (χ0) is 16.2. The van der Waals surface area contributed by atoms with E-state index in [1.165, 1.54) is 30.4 Å². The molecule has 0 spiro atoms. The predicted molar refractivity (Wildman–Crippen MR) is 96.2 cm³/mol. The zero-order valence-corrected chi connectivity index (χ0v) is 14.7. The average Bonchev–Trinajstić information content (AvgIpc) is 2.49. The Morgan fingerprint density at radius 2 is 1.86 bits per heavy atom. The van der Waals surface area contributed by atoms with Crippen LogP contribution in [0.25, 0.3) is 0 Å². The third kappa shape index (κ3) is 8.03. The molecule has 0 heterocycles. The fraction of sp³-hybridized carbons (Fsp3) is 0.611. The smallest absolute Gasteiger partial charge is 0.191 e. The molecule has 4 nitrogen and oxygen atoms in total. The summed E-state index contributed by atoms with van der Waals surface area (Å²) in [6.45, 7) is 7.87. The van der Waals surface area contributed by atoms with Crippen LogP contribution in [0.4, 0.5) is 0 Å². The van der Waals surface area contributed by atoms with Gasteiger partial charge in [0.05, 0.1) is 6.54 Å². The molecule has 0 aliphatic carbocycles. The molecule has 0 bridgehead atoms. The van der Waals surface area contributed by atoms with Crippen molar-refractivity contribution in [3.05, 3.63) is 35.4 Å². The normalized spacial score (nSPS) is 11.8. The van der Waals surface area contributed by atoms with Crippen molar-refractivity contribution in [1.82, 2.24) is 15.5 Å². The lowest BCUT2D eigenvalue weighted by molar-refractivity contribution is 0.402. The Kier molecular flexibility index (Phi) is 9.31. The molecule has 0 saturated carbocycles. The summed E-state index contributed by atoms with van der Waals surface area (Å²) in [5.74, 6) is 0.914. The first-order chi connectivity index (χ1) is 10.7. The van der Waals surface area contributed by atoms with Crippen molar-refractivity contribution in [1.29, 1.82) is 0 Å². The van der Waals surface area contributed by atoms with Gasteiger partial charge in [-0.25, -0.2) is 4.99 Å². The SMILES string of the molecule is CCCCCNC(=NCc1cccc(CN(C)C)c1)NCC. The second kappa shape index (κ2) is 11.1. The van der Waals surface area contributed by atoms with E-state index in [1.807, 2.05) is 0 Å². The number of guanidine groups is 1. The molecular formula is C18H32N4. The number of benzene rings is 1. The van der Waals surface area contributed by atoms with E-state index < -0.39 is 0 Å². The highest BCUT2D eigenvalue weighted by atomic mass is 15.2. The van der Waals surface area contributed by atoms with Crippen LogP contribution in [0, 0.1) is 0 Å². The van der Waals surface area contributed by atoms with Gasteiger partial charge in [0, 0.05) is 19.6 Å². The second-order valence-corrected chi connectivity index (χ2v) is 5.89. The summed E-state index contributed by atoms with van der Waals surface area (Å²) in [6.07, 6.45) is 3.70. The standard InChI is InChI=1S/C18H32N4/c1-5-7-8-12-20-18(19-6-2)21-14-16-10-9-11-17(13-16)15-22(3)4/h9-11,13H,5-8,12,14-15H2,1-4H3,(H2,19,20,21). The third-order valence-electron chi connectivity index (χ3n) is 3.33. The topological polar surface area (TPSA) is 39.7 Å². The highest BCUT2D eigenvalue weighted by molar-refractivity contribution is 5.79. The van der Waals surface area contributed by atoms with Crippen LogP contribution in [0.3, 0.4) is 0 Å². The first-order valence-corrected chi connectivity index (χ1v) is 8.40. The van der Waals surface area contributed by atoms with Gasteiger partial charge in [-0.05, 0) is 38.6 Å². The van der Waals surface area contributed by atoms with E-state index in [9.17, 15) is 0 Å². The van der Waals surface area contributed by atoms with Crippen LogP contribution in [0.15, 0.2) is 29.3 Å². The van der Waals surface area contributed by atoms with Crippen molar-refractivity contribution in [3.8, 4) is 0 Å². The molecule has 0 atom stereocenters. The Morgan fingerprint density at radius 3 is 2.55 bits per heavy atom. The molecule has 0 amide bonds. The van der Waals surface area contributed by atoms with E-state index in [1.54, 1.807) is 0 Å². The predicted octanol–water partition coefficient (Wildman–Crippen LogP) is 2.99. The molecule has 0 radical (unpaired) electrons. The Labute approximate surface area is 136 Å². The fourth-order valence-corrected chi connectivity index (χ4v) is 2.29. The van der Waals surface area contributed by atoms with Crippen molar-refractivity contribution >= 4 is 5.96 Å². The summed E-state index contributed by atoms with van der Waals surface area (Å²) in [4.78, 5) is 6.86. The van der Waals surface area contributed by atoms with Gasteiger partial charge in [0.1, 0.15) is 0 Å². The number of rotatable bonds is 9.